The molecule has 0 heterocycles. The van der Waals surface area contributed by atoms with Gasteiger partial charge in [0.25, 0.3) is 0 Å². The molecule has 0 atom stereocenters. The van der Waals surface area contributed by atoms with E-state index >= 15 is 0 Å². The zero-order valence-electron chi connectivity index (χ0n) is 11.9. The second-order valence-corrected chi connectivity index (χ2v) is 4.67. The lowest BCUT2D eigenvalue weighted by Crippen LogP contribution is -1.99. The summed E-state index contributed by atoms with van der Waals surface area (Å²) in [6, 6.07) is 3.59. The Morgan fingerprint density at radius 3 is 2.58 bits per heavy atom. The molecule has 0 aliphatic rings. The molecule has 0 fully saturated rings. The quantitative estimate of drug-likeness (QED) is 0.608. The summed E-state index contributed by atoms with van der Waals surface area (Å²) >= 11 is 0. The van der Waals surface area contributed by atoms with Crippen molar-refractivity contribution in [3.63, 3.8) is 0 Å². The van der Waals surface area contributed by atoms with E-state index in [-0.39, 0.29) is 11.5 Å². The van der Waals surface area contributed by atoms with Crippen molar-refractivity contribution in [2.45, 2.75) is 33.6 Å². The normalized spacial score (nSPS) is 12.6. The Labute approximate surface area is 115 Å². The van der Waals surface area contributed by atoms with Crippen molar-refractivity contribution in [2.24, 2.45) is 0 Å². The Hall–Kier alpha value is -1.96. The smallest absolute Gasteiger partial charge is 0.119 e. The predicted molar refractivity (Wildman–Crippen MR) is 80.6 cm³/mol. The second kappa shape index (κ2) is 6.83. The summed E-state index contributed by atoms with van der Waals surface area (Å²) in [6.07, 6.45) is 6.39. The summed E-state index contributed by atoms with van der Waals surface area (Å²) in [5.74, 6) is 0.485. The number of rotatable bonds is 5. The summed E-state index contributed by atoms with van der Waals surface area (Å²) in [5, 5.41) is 20.0. The molecule has 2 nitrogen and oxygen atoms in total. The van der Waals surface area contributed by atoms with Crippen LogP contribution >= 0.6 is 0 Å². The lowest BCUT2D eigenvalue weighted by molar-refractivity contribution is 0.392. The molecule has 0 aliphatic heterocycles. The van der Waals surface area contributed by atoms with Crippen molar-refractivity contribution in [1.29, 1.82) is 0 Å². The van der Waals surface area contributed by atoms with Crippen LogP contribution < -0.4 is 0 Å². The van der Waals surface area contributed by atoms with Gasteiger partial charge in [-0.05, 0) is 49.1 Å². The van der Waals surface area contributed by atoms with Gasteiger partial charge in [-0.2, -0.15) is 0 Å². The molecule has 0 saturated carbocycles. The fraction of sp³-hybridized carbons (Fsp3) is 0.294. The number of aliphatic hydroxyl groups is 1. The van der Waals surface area contributed by atoms with Crippen LogP contribution in [-0.4, -0.2) is 10.2 Å². The van der Waals surface area contributed by atoms with Gasteiger partial charge in [0, 0.05) is 12.0 Å². The first-order chi connectivity index (χ1) is 8.99. The van der Waals surface area contributed by atoms with Crippen LogP contribution in [0.3, 0.4) is 0 Å². The highest BCUT2D eigenvalue weighted by atomic mass is 16.3. The number of phenols is 1. The van der Waals surface area contributed by atoms with Gasteiger partial charge in [-0.1, -0.05) is 31.7 Å². The van der Waals surface area contributed by atoms with Gasteiger partial charge in [-0.25, -0.2) is 0 Å². The van der Waals surface area contributed by atoms with Crippen LogP contribution in [0, 0.1) is 6.92 Å². The van der Waals surface area contributed by atoms with Gasteiger partial charge in [0.05, 0.1) is 5.76 Å². The third-order valence-corrected chi connectivity index (χ3v) is 3.13. The highest BCUT2D eigenvalue weighted by molar-refractivity contribution is 5.46. The molecule has 1 rings (SSSR count). The van der Waals surface area contributed by atoms with Crippen molar-refractivity contribution in [3.8, 4) is 5.75 Å². The number of phenolic OH excluding ortho intramolecular Hbond substituents is 1. The molecule has 2 heteroatoms. The topological polar surface area (TPSA) is 40.5 Å². The first-order valence-electron chi connectivity index (χ1n) is 6.48. The minimum atomic E-state index is 0.242. The van der Waals surface area contributed by atoms with E-state index in [1.165, 1.54) is 0 Å². The van der Waals surface area contributed by atoms with Crippen LogP contribution in [0.15, 0.2) is 48.3 Å². The number of allylic oxidation sites excluding steroid dienone is 5. The van der Waals surface area contributed by atoms with Gasteiger partial charge >= 0.3 is 0 Å². The monoisotopic (exact) mass is 258 g/mol. The molecule has 0 aliphatic carbocycles. The van der Waals surface area contributed by atoms with E-state index in [9.17, 15) is 10.2 Å². The Bertz CT molecular complexity index is 522. The first-order valence-corrected chi connectivity index (χ1v) is 6.48. The number of hydrogen-bond donors (Lipinski definition) is 2. The van der Waals surface area contributed by atoms with Crippen molar-refractivity contribution in [3.05, 3.63) is 65.0 Å². The molecule has 0 spiro atoms. The lowest BCUT2D eigenvalue weighted by atomic mass is 9.95. The predicted octanol–water partition coefficient (Wildman–Crippen LogP) is 4.38. The molecule has 0 saturated heterocycles. The average molecular weight is 258 g/mol. The molecule has 1 aromatic rings. The van der Waals surface area contributed by atoms with Crippen LogP contribution in [-0.2, 0) is 12.8 Å². The summed E-state index contributed by atoms with van der Waals surface area (Å²) in [5.41, 5.74) is 3.98. The second-order valence-electron chi connectivity index (χ2n) is 4.67. The van der Waals surface area contributed by atoms with Crippen molar-refractivity contribution < 1.29 is 10.2 Å². The molecule has 0 aromatic heterocycles. The van der Waals surface area contributed by atoms with Crippen LogP contribution in [0.25, 0.3) is 0 Å². The largest absolute Gasteiger partial charge is 0.512 e. The van der Waals surface area contributed by atoms with Gasteiger partial charge in [-0.15, -0.1) is 0 Å². The number of aliphatic hydroxyl groups excluding tert-OH is 1. The maximum absolute atomic E-state index is 10.0. The van der Waals surface area contributed by atoms with E-state index in [1.54, 1.807) is 18.2 Å². The number of hydrogen-bond acceptors (Lipinski definition) is 2. The first kappa shape index (κ1) is 15.1. The summed E-state index contributed by atoms with van der Waals surface area (Å²) < 4.78 is 0. The molecule has 0 amide bonds. The molecule has 0 unspecified atom stereocenters. The van der Waals surface area contributed by atoms with Crippen LogP contribution in [0.1, 0.15) is 30.5 Å². The molecular weight excluding hydrogens is 236 g/mol. The van der Waals surface area contributed by atoms with E-state index in [2.05, 4.69) is 13.5 Å². The van der Waals surface area contributed by atoms with Crippen molar-refractivity contribution in [2.75, 3.05) is 0 Å². The fourth-order valence-electron chi connectivity index (χ4n) is 2.22. The standard InChI is InChI=1S/C17H22O2/c1-5-7-12(3)10-14(18)11-16-15(6-2)13(4)8-9-17(16)19/h5,7-10,18-19H,1,6,11H2,2-4H3/b12-7-,14-10-. The SMILES string of the molecule is C=C/C=C(C)\C=C(/O)Cc1c(O)ccc(C)c1CC. The van der Waals surface area contributed by atoms with E-state index in [1.807, 2.05) is 26.0 Å². The van der Waals surface area contributed by atoms with E-state index in [0.29, 0.717) is 6.42 Å². The minimum Gasteiger partial charge on any atom is -0.512 e. The molecular formula is C17H22O2. The number of benzene rings is 1. The van der Waals surface area contributed by atoms with Crippen molar-refractivity contribution in [1.82, 2.24) is 0 Å². The molecule has 1 aromatic carbocycles. The fourth-order valence-corrected chi connectivity index (χ4v) is 2.22. The Balaban J connectivity index is 3.09. The highest BCUT2D eigenvalue weighted by Crippen LogP contribution is 2.27. The highest BCUT2D eigenvalue weighted by Gasteiger charge is 2.11. The molecule has 19 heavy (non-hydrogen) atoms. The molecule has 0 radical (unpaired) electrons. The maximum Gasteiger partial charge on any atom is 0.119 e. The summed E-state index contributed by atoms with van der Waals surface area (Å²) in [6.45, 7) is 9.59. The Kier molecular flexibility index (Phi) is 5.43. The third-order valence-electron chi connectivity index (χ3n) is 3.13. The van der Waals surface area contributed by atoms with Gasteiger partial charge in [0.15, 0.2) is 0 Å². The molecule has 102 valence electrons. The van der Waals surface area contributed by atoms with Crippen LogP contribution in [0.5, 0.6) is 5.75 Å². The minimum absolute atomic E-state index is 0.242. The Morgan fingerprint density at radius 1 is 1.32 bits per heavy atom. The Morgan fingerprint density at radius 2 is 2.00 bits per heavy atom. The molecule has 2 N–H and O–H groups in total. The van der Waals surface area contributed by atoms with Gasteiger partial charge < -0.3 is 10.2 Å². The maximum atomic E-state index is 10.0. The zero-order chi connectivity index (χ0) is 14.4. The summed E-state index contributed by atoms with van der Waals surface area (Å²) in [7, 11) is 0. The number of aryl methyl sites for hydroxylation is 1. The van der Waals surface area contributed by atoms with E-state index in [4.69, 9.17) is 0 Å². The van der Waals surface area contributed by atoms with Crippen molar-refractivity contribution >= 4 is 0 Å². The third kappa shape index (κ3) is 4.02. The van der Waals surface area contributed by atoms with E-state index in [0.717, 1.165) is 28.7 Å². The zero-order valence-corrected chi connectivity index (χ0v) is 11.9. The van der Waals surface area contributed by atoms with Crippen LogP contribution in [0.2, 0.25) is 0 Å². The number of aromatic hydroxyl groups is 1. The van der Waals surface area contributed by atoms with Crippen LogP contribution in [0.4, 0.5) is 0 Å². The van der Waals surface area contributed by atoms with Gasteiger partial charge in [-0.3, -0.25) is 0 Å². The average Bonchev–Trinajstić information content (AvgIpc) is 2.34. The summed E-state index contributed by atoms with van der Waals surface area (Å²) in [4.78, 5) is 0. The van der Waals surface area contributed by atoms with Gasteiger partial charge in [0.1, 0.15) is 5.75 Å². The lowest BCUT2D eigenvalue weighted by Gasteiger charge is -2.13. The van der Waals surface area contributed by atoms with Gasteiger partial charge in [0.2, 0.25) is 0 Å². The molecule has 0 bridgehead atoms. The van der Waals surface area contributed by atoms with E-state index < -0.39 is 0 Å².